The van der Waals surface area contributed by atoms with Gasteiger partial charge >= 0.3 is 0 Å². The maximum absolute atomic E-state index is 12.8. The van der Waals surface area contributed by atoms with E-state index >= 15 is 0 Å². The Balaban J connectivity index is 2.32. The molecule has 0 aliphatic carbocycles. The molecule has 1 unspecified atom stereocenters. The second-order valence-electron chi connectivity index (χ2n) is 5.39. The molecule has 0 bridgehead atoms. The summed E-state index contributed by atoms with van der Waals surface area (Å²) in [7, 11) is -3.46. The van der Waals surface area contributed by atoms with Crippen molar-refractivity contribution in [1.82, 2.24) is 4.31 Å². The molecule has 112 valence electrons. The van der Waals surface area contributed by atoms with E-state index in [-0.39, 0.29) is 11.8 Å². The van der Waals surface area contributed by atoms with Gasteiger partial charge in [-0.2, -0.15) is 4.31 Å². The summed E-state index contributed by atoms with van der Waals surface area (Å²) in [6, 6.07) is 3.32. The number of nitrogens with zero attached hydrogens (tertiary/aromatic N) is 1. The van der Waals surface area contributed by atoms with Crippen LogP contribution in [0.1, 0.15) is 43.9 Å². The van der Waals surface area contributed by atoms with Crippen LogP contribution in [-0.4, -0.2) is 31.1 Å². The van der Waals surface area contributed by atoms with E-state index in [4.69, 9.17) is 0 Å². The van der Waals surface area contributed by atoms with Crippen LogP contribution in [0.2, 0.25) is 0 Å². The first-order valence-electron chi connectivity index (χ1n) is 6.99. The van der Waals surface area contributed by atoms with Crippen molar-refractivity contribution in [1.29, 1.82) is 0 Å². The van der Waals surface area contributed by atoms with Gasteiger partial charge in [0.1, 0.15) is 9.99 Å². The van der Waals surface area contributed by atoms with E-state index in [2.05, 4.69) is 0 Å². The first kappa shape index (κ1) is 15.7. The second-order valence-corrected chi connectivity index (χ2v) is 8.80. The monoisotopic (exact) mass is 315 g/mol. The fourth-order valence-corrected chi connectivity index (χ4v) is 5.77. The molecule has 0 amide bonds. The third-order valence-corrected chi connectivity index (χ3v) is 7.04. The Morgan fingerprint density at radius 2 is 2.10 bits per heavy atom. The highest BCUT2D eigenvalue weighted by atomic mass is 32.2. The fraction of sp³-hybridized carbons (Fsp3) is 0.643. The summed E-state index contributed by atoms with van der Waals surface area (Å²) in [5, 5.41) is 0. The van der Waals surface area contributed by atoms with Crippen LogP contribution in [0.15, 0.2) is 16.3 Å². The molecule has 1 atom stereocenters. The topological polar surface area (TPSA) is 54.5 Å². The molecule has 20 heavy (non-hydrogen) atoms. The third-order valence-electron chi connectivity index (χ3n) is 3.62. The van der Waals surface area contributed by atoms with Crippen molar-refractivity contribution in [3.8, 4) is 0 Å². The number of rotatable bonds is 4. The van der Waals surface area contributed by atoms with Crippen molar-refractivity contribution in [3.05, 3.63) is 17.0 Å². The summed E-state index contributed by atoms with van der Waals surface area (Å²) in [5.74, 6) is 0.0551. The van der Waals surface area contributed by atoms with Crippen LogP contribution in [0.4, 0.5) is 0 Å². The first-order valence-corrected chi connectivity index (χ1v) is 9.24. The Morgan fingerprint density at radius 3 is 2.70 bits per heavy atom. The number of Topliss-reactive ketones (excluding diaryl/α,β-unsaturated/α-hetero) is 1. The summed E-state index contributed by atoms with van der Waals surface area (Å²) in [6.45, 7) is 3.96. The third kappa shape index (κ3) is 3.48. The number of ketones is 1. The summed E-state index contributed by atoms with van der Waals surface area (Å²) >= 11 is 1.30. The second kappa shape index (κ2) is 6.37. The molecule has 2 rings (SSSR count). The van der Waals surface area contributed by atoms with Gasteiger partial charge < -0.3 is 0 Å². The number of thiophene rings is 1. The molecular weight excluding hydrogens is 294 g/mol. The van der Waals surface area contributed by atoms with Crippen molar-refractivity contribution in [2.75, 3.05) is 6.54 Å². The minimum Gasteiger partial charge on any atom is -0.300 e. The van der Waals surface area contributed by atoms with Gasteiger partial charge in [0.25, 0.3) is 10.0 Å². The Morgan fingerprint density at radius 1 is 1.35 bits per heavy atom. The molecular formula is C14H21NO3S2. The molecule has 4 nitrogen and oxygen atoms in total. The minimum absolute atomic E-state index is 0.0551. The normalized spacial score (nSPS) is 21.6. The molecule has 1 fully saturated rings. The van der Waals surface area contributed by atoms with Crippen LogP contribution in [0, 0.1) is 6.92 Å². The molecule has 0 N–H and O–H groups in total. The van der Waals surface area contributed by atoms with Gasteiger partial charge in [0.05, 0.1) is 0 Å². The van der Waals surface area contributed by atoms with Gasteiger partial charge in [0.15, 0.2) is 0 Å². The van der Waals surface area contributed by atoms with E-state index in [0.717, 1.165) is 30.6 Å². The number of aryl methyl sites for hydroxylation is 1. The Bertz CT molecular complexity index is 577. The maximum Gasteiger partial charge on any atom is 0.252 e. The summed E-state index contributed by atoms with van der Waals surface area (Å²) in [4.78, 5) is 12.4. The number of hydrogen-bond acceptors (Lipinski definition) is 4. The highest BCUT2D eigenvalue weighted by Crippen LogP contribution is 2.30. The zero-order valence-electron chi connectivity index (χ0n) is 12.0. The SMILES string of the molecule is CC(=O)CC1CCCCCN1S(=O)(=O)c1ccc(C)s1. The van der Waals surface area contributed by atoms with E-state index in [9.17, 15) is 13.2 Å². The highest BCUT2D eigenvalue weighted by Gasteiger charge is 2.33. The van der Waals surface area contributed by atoms with Crippen LogP contribution in [0.25, 0.3) is 0 Å². The van der Waals surface area contributed by atoms with Gasteiger partial charge in [0.2, 0.25) is 0 Å². The molecule has 1 aliphatic heterocycles. The summed E-state index contributed by atoms with van der Waals surface area (Å²) in [5.41, 5.74) is 0. The van der Waals surface area contributed by atoms with Gasteiger partial charge in [-0.3, -0.25) is 4.79 Å². The molecule has 1 aliphatic rings. The van der Waals surface area contributed by atoms with Crippen LogP contribution in [0.3, 0.4) is 0 Å². The van der Waals surface area contributed by atoms with Crippen molar-refractivity contribution >= 4 is 27.1 Å². The zero-order chi connectivity index (χ0) is 14.8. The van der Waals surface area contributed by atoms with Crippen molar-refractivity contribution in [3.63, 3.8) is 0 Å². The van der Waals surface area contributed by atoms with Crippen molar-refractivity contribution in [2.24, 2.45) is 0 Å². The lowest BCUT2D eigenvalue weighted by molar-refractivity contribution is -0.117. The number of hydrogen-bond donors (Lipinski definition) is 0. The van der Waals surface area contributed by atoms with Crippen LogP contribution in [0.5, 0.6) is 0 Å². The maximum atomic E-state index is 12.8. The lowest BCUT2D eigenvalue weighted by atomic mass is 10.1. The van der Waals surface area contributed by atoms with Crippen molar-refractivity contribution < 1.29 is 13.2 Å². The molecule has 0 saturated carbocycles. The lowest BCUT2D eigenvalue weighted by Gasteiger charge is -2.27. The van der Waals surface area contributed by atoms with E-state index in [1.807, 2.05) is 13.0 Å². The summed E-state index contributed by atoms with van der Waals surface area (Å²) < 4.78 is 27.5. The predicted octanol–water partition coefficient (Wildman–Crippen LogP) is 2.97. The number of carbonyl (C=O) groups excluding carboxylic acids is 1. The fourth-order valence-electron chi connectivity index (χ4n) is 2.67. The summed E-state index contributed by atoms with van der Waals surface area (Å²) in [6.07, 6.45) is 4.00. The minimum atomic E-state index is -3.46. The molecule has 0 aromatic carbocycles. The van der Waals surface area contributed by atoms with Crippen molar-refractivity contribution in [2.45, 2.75) is 56.2 Å². The molecule has 6 heteroatoms. The number of sulfonamides is 1. The van der Waals surface area contributed by atoms with E-state index in [1.165, 1.54) is 18.3 Å². The molecule has 0 spiro atoms. The Kier molecular flexibility index (Phi) is 4.99. The quantitative estimate of drug-likeness (QED) is 0.858. The van der Waals surface area contributed by atoms with Crippen LogP contribution in [-0.2, 0) is 14.8 Å². The molecule has 0 radical (unpaired) electrons. The average molecular weight is 315 g/mol. The molecule has 2 heterocycles. The molecule has 1 aromatic rings. The van der Waals surface area contributed by atoms with E-state index in [1.54, 1.807) is 10.4 Å². The zero-order valence-corrected chi connectivity index (χ0v) is 13.6. The van der Waals surface area contributed by atoms with Crippen LogP contribution < -0.4 is 0 Å². The van der Waals surface area contributed by atoms with Gasteiger partial charge in [-0.1, -0.05) is 12.8 Å². The van der Waals surface area contributed by atoms with Crippen LogP contribution >= 0.6 is 11.3 Å². The van der Waals surface area contributed by atoms with Gasteiger partial charge in [-0.05, 0) is 38.8 Å². The predicted molar refractivity (Wildman–Crippen MR) is 80.5 cm³/mol. The Labute approximate surface area is 124 Å². The van der Waals surface area contributed by atoms with E-state index in [0.29, 0.717) is 17.2 Å². The smallest absolute Gasteiger partial charge is 0.252 e. The van der Waals surface area contributed by atoms with Gasteiger partial charge in [-0.15, -0.1) is 11.3 Å². The molecule has 1 saturated heterocycles. The average Bonchev–Trinajstić information content (AvgIpc) is 2.66. The highest BCUT2D eigenvalue weighted by molar-refractivity contribution is 7.91. The molecule has 1 aromatic heterocycles. The largest absolute Gasteiger partial charge is 0.300 e. The number of carbonyl (C=O) groups is 1. The lowest BCUT2D eigenvalue weighted by Crippen LogP contribution is -2.40. The standard InChI is InChI=1S/C14H21NO3S2/c1-11(16)10-13-6-4-3-5-9-15(13)20(17,18)14-8-7-12(2)19-14/h7-8,13H,3-6,9-10H2,1-2H3. The van der Waals surface area contributed by atoms with E-state index < -0.39 is 10.0 Å². The van der Waals surface area contributed by atoms with Gasteiger partial charge in [-0.25, -0.2) is 8.42 Å². The first-order chi connectivity index (χ1) is 9.41. The van der Waals surface area contributed by atoms with Gasteiger partial charge in [0, 0.05) is 23.9 Å². The Hall–Kier alpha value is -0.720.